The van der Waals surface area contributed by atoms with Gasteiger partial charge in [-0.15, -0.1) is 0 Å². The van der Waals surface area contributed by atoms with E-state index in [1.165, 1.54) is 89.9 Å². The molecule has 206 valence electrons. The second-order valence-electron chi connectivity index (χ2n) is 7.99. The van der Waals surface area contributed by atoms with E-state index in [9.17, 15) is 9.59 Å². The van der Waals surface area contributed by atoms with Crippen LogP contribution in [0.25, 0.3) is 12.3 Å². The molecule has 0 aromatic carbocycles. The minimum atomic E-state index is -0.659. The Labute approximate surface area is 220 Å². The maximum Gasteiger partial charge on any atom is -0.693 e. The number of unbranched alkanes of at least 4 members (excludes halogenated alkanes) is 16. The fourth-order valence-corrected chi connectivity index (χ4v) is 3.17. The van der Waals surface area contributed by atoms with Gasteiger partial charge >= 0.3 is 47.3 Å². The average molecular weight is 699 g/mol. The second kappa shape index (κ2) is 42.3. The summed E-state index contributed by atoms with van der Waals surface area (Å²) < 4.78 is 0. The normalized spacial score (nSPS) is 9.45. The van der Waals surface area contributed by atoms with E-state index in [1.54, 1.807) is 0 Å². The number of hydrogen-bond acceptors (Lipinski definition) is 2. The third-order valence-corrected chi connectivity index (χ3v) is 4.99. The predicted molar refractivity (Wildman–Crippen MR) is 141 cm³/mol. The van der Waals surface area contributed by atoms with Crippen LogP contribution < -0.4 is 0 Å². The van der Waals surface area contributed by atoms with Gasteiger partial charge in [0.15, 0.2) is 0 Å². The number of hydrogen-bond donors (Lipinski definition) is 2. The summed E-state index contributed by atoms with van der Waals surface area (Å²) in [4.78, 5) is 20.4. The van der Waals surface area contributed by atoms with Crippen LogP contribution in [-0.2, 0) is 26.1 Å². The first-order valence-electron chi connectivity index (χ1n) is 12.2. The van der Waals surface area contributed by atoms with Crippen molar-refractivity contribution in [3.05, 3.63) is 12.3 Å². The maximum absolute atomic E-state index is 10.2. The van der Waals surface area contributed by atoms with Gasteiger partial charge in [0.2, 0.25) is 0 Å². The largest absolute Gasteiger partial charge is 0.693 e. The Morgan fingerprint density at radius 3 is 0.879 bits per heavy atom. The van der Waals surface area contributed by atoms with Gasteiger partial charge in [-0.25, -0.2) is 0 Å². The van der Waals surface area contributed by atoms with Crippen LogP contribution in [0.2, 0.25) is 0 Å². The fraction of sp³-hybridized carbons (Fsp3) is 0.917. The molecule has 0 rings (SSSR count). The van der Waals surface area contributed by atoms with E-state index in [1.807, 2.05) is 0 Å². The molecule has 6 nitrogen and oxygen atoms in total. The standard InChI is InChI=1S/2C12H24O2.2ClH.2H2N.Pt/c2*1-2-3-4-5-6-7-8-9-10-11-12(13)14;;;;;/h2*2-11H2,1H3,(H,13,14);2*1H;2*1H2;/q;;;;2*-1;+4/p-2. The number of aliphatic carboxylic acids is 2. The molecule has 0 aliphatic carbocycles. The number of halogens is 2. The molecule has 0 spiro atoms. The van der Waals surface area contributed by atoms with Crippen molar-refractivity contribution < 1.29 is 36.3 Å². The molecule has 0 saturated heterocycles. The SMILES string of the molecule is CCCCCCCCCCCC(=O)O.CCCCCCCCCCCC(=O)O.[Cl][Pt+2][Cl].[NH2-].[NH2-]. The molecule has 6 N–H and O–H groups in total. The number of nitrogens with two attached hydrogens (primary N) is 2. The zero-order valence-corrected chi connectivity index (χ0v) is 24.9. The number of carboxylic acid groups (broad SMARTS) is 2. The molecule has 0 amide bonds. The van der Waals surface area contributed by atoms with Gasteiger partial charge in [0.25, 0.3) is 0 Å². The van der Waals surface area contributed by atoms with Gasteiger partial charge in [-0.2, -0.15) is 0 Å². The third kappa shape index (κ3) is 59.6. The molecule has 33 heavy (non-hydrogen) atoms. The molecule has 0 saturated carbocycles. The molecule has 0 aromatic heterocycles. The van der Waals surface area contributed by atoms with Crippen LogP contribution in [0.4, 0.5) is 0 Å². The van der Waals surface area contributed by atoms with Crippen molar-refractivity contribution in [1.82, 2.24) is 0 Å². The van der Waals surface area contributed by atoms with E-state index >= 15 is 0 Å². The first-order valence-corrected chi connectivity index (χ1v) is 17.8. The van der Waals surface area contributed by atoms with Crippen molar-refractivity contribution >= 4 is 30.8 Å². The molecule has 0 heterocycles. The molecular formula is C24H52Cl2N2O4Pt. The Balaban J connectivity index is -0.000000134. The van der Waals surface area contributed by atoms with Crippen LogP contribution in [0.5, 0.6) is 0 Å². The summed E-state index contributed by atoms with van der Waals surface area (Å²) in [7, 11) is 9.75. The molecular weight excluding hydrogens is 646 g/mol. The van der Waals surface area contributed by atoms with Gasteiger partial charge in [-0.05, 0) is 12.8 Å². The third-order valence-electron chi connectivity index (χ3n) is 4.99. The Hall–Kier alpha value is 0.128. The number of carbonyl (C=O) groups is 2. The van der Waals surface area contributed by atoms with E-state index in [-0.39, 0.29) is 12.3 Å². The molecule has 0 fully saturated rings. The van der Waals surface area contributed by atoms with Gasteiger partial charge in [-0.3, -0.25) is 9.59 Å². The average Bonchev–Trinajstić information content (AvgIpc) is 2.72. The monoisotopic (exact) mass is 697 g/mol. The van der Waals surface area contributed by atoms with Gasteiger partial charge in [0.1, 0.15) is 0 Å². The quantitative estimate of drug-likeness (QED) is 0.122. The Kier molecular flexibility index (Phi) is 55.4. The Morgan fingerprint density at radius 1 is 0.515 bits per heavy atom. The van der Waals surface area contributed by atoms with Gasteiger partial charge in [0, 0.05) is 12.8 Å². The van der Waals surface area contributed by atoms with Crippen molar-refractivity contribution in [2.24, 2.45) is 0 Å². The summed E-state index contributed by atoms with van der Waals surface area (Å²) in [5.74, 6) is -1.32. The molecule has 0 radical (unpaired) electrons. The molecule has 0 aliphatic heterocycles. The summed E-state index contributed by atoms with van der Waals surface area (Å²) in [6.45, 7) is 4.46. The minimum absolute atomic E-state index is 0. The number of rotatable bonds is 20. The van der Waals surface area contributed by atoms with Gasteiger partial charge in [0.05, 0.1) is 0 Å². The van der Waals surface area contributed by atoms with E-state index in [0.29, 0.717) is 12.8 Å². The summed E-state index contributed by atoms with van der Waals surface area (Å²) in [6.07, 6.45) is 23.0. The van der Waals surface area contributed by atoms with Crippen LogP contribution in [-0.4, -0.2) is 22.2 Å². The van der Waals surface area contributed by atoms with Gasteiger partial charge in [-0.1, -0.05) is 117 Å². The van der Waals surface area contributed by atoms with Crippen molar-refractivity contribution in [1.29, 1.82) is 0 Å². The molecule has 0 aromatic rings. The Morgan fingerprint density at radius 2 is 0.697 bits per heavy atom. The fourth-order valence-electron chi connectivity index (χ4n) is 3.17. The van der Waals surface area contributed by atoms with E-state index in [0.717, 1.165) is 25.7 Å². The molecule has 0 aliphatic rings. The van der Waals surface area contributed by atoms with Crippen molar-refractivity contribution in [2.75, 3.05) is 0 Å². The van der Waals surface area contributed by atoms with Crippen LogP contribution in [0.1, 0.15) is 142 Å². The van der Waals surface area contributed by atoms with Crippen molar-refractivity contribution in [3.8, 4) is 0 Å². The predicted octanol–water partition coefficient (Wildman–Crippen LogP) is 10.8. The van der Waals surface area contributed by atoms with E-state index < -0.39 is 28.4 Å². The van der Waals surface area contributed by atoms with Crippen LogP contribution >= 0.6 is 18.8 Å². The van der Waals surface area contributed by atoms with Crippen molar-refractivity contribution in [2.45, 2.75) is 142 Å². The zero-order chi connectivity index (χ0) is 24.0. The zero-order valence-electron chi connectivity index (χ0n) is 21.1. The molecule has 0 unspecified atom stereocenters. The molecule has 0 atom stereocenters. The number of carboxylic acids is 2. The van der Waals surface area contributed by atoms with E-state index in [2.05, 4.69) is 13.8 Å². The summed E-state index contributed by atoms with van der Waals surface area (Å²) in [5, 5.41) is 16.8. The second-order valence-corrected chi connectivity index (χ2v) is 11.3. The topological polar surface area (TPSA) is 142 Å². The minimum Gasteiger partial charge on any atom is -0.693 e. The molecule has 9 heteroatoms. The van der Waals surface area contributed by atoms with Gasteiger partial charge < -0.3 is 22.5 Å². The first kappa shape index (κ1) is 43.2. The maximum atomic E-state index is 10.2. The van der Waals surface area contributed by atoms with Crippen molar-refractivity contribution in [3.63, 3.8) is 0 Å². The molecule has 0 bridgehead atoms. The smallest absolute Gasteiger partial charge is 0.693 e. The summed E-state index contributed by atoms with van der Waals surface area (Å²) >= 11 is -0.472. The van der Waals surface area contributed by atoms with Crippen LogP contribution in [0, 0.1) is 0 Å². The Bertz CT molecular complexity index is 337. The van der Waals surface area contributed by atoms with E-state index in [4.69, 9.17) is 29.0 Å². The van der Waals surface area contributed by atoms with Crippen LogP contribution in [0.3, 0.4) is 0 Å². The summed E-state index contributed by atoms with van der Waals surface area (Å²) in [6, 6.07) is 0. The first-order chi connectivity index (χ1) is 15.0. The van der Waals surface area contributed by atoms with Crippen LogP contribution in [0.15, 0.2) is 0 Å². The summed E-state index contributed by atoms with van der Waals surface area (Å²) in [5.41, 5.74) is 0.